The van der Waals surface area contributed by atoms with Crippen molar-refractivity contribution in [2.75, 3.05) is 5.32 Å². The number of carbonyl (C=O) groups excluding carboxylic acids is 1. The van der Waals surface area contributed by atoms with Crippen molar-refractivity contribution in [2.24, 2.45) is 5.73 Å². The molecule has 0 aliphatic rings. The fraction of sp³-hybridized carbons (Fsp3) is 0.0667. The Morgan fingerprint density at radius 3 is 2.62 bits per heavy atom. The minimum absolute atomic E-state index is 0.0558. The molecule has 3 N–H and O–H groups in total. The van der Waals surface area contributed by atoms with Gasteiger partial charge in [-0.1, -0.05) is 30.4 Å². The number of hydrogen-bond donors (Lipinski definition) is 2. The summed E-state index contributed by atoms with van der Waals surface area (Å²) in [5.74, 6) is -1.17. The Morgan fingerprint density at radius 1 is 1.29 bits per heavy atom. The molecule has 108 valence electrons. The van der Waals surface area contributed by atoms with E-state index in [0.717, 1.165) is 5.56 Å². The molecule has 2 aromatic rings. The van der Waals surface area contributed by atoms with Crippen molar-refractivity contribution in [3.8, 4) is 0 Å². The van der Waals surface area contributed by atoms with Crippen molar-refractivity contribution in [1.29, 1.82) is 0 Å². The monoisotopic (exact) mass is 366 g/mol. The summed E-state index contributed by atoms with van der Waals surface area (Å²) in [6, 6.07) is 9.81. The number of carbonyl (C=O) groups is 1. The molecular weight excluding hydrogens is 355 g/mol. The molecule has 0 saturated heterocycles. The first-order valence-electron chi connectivity index (χ1n) is 6.06. The second kappa shape index (κ2) is 6.32. The van der Waals surface area contributed by atoms with Gasteiger partial charge in [0.05, 0.1) is 15.7 Å². The van der Waals surface area contributed by atoms with Crippen molar-refractivity contribution in [2.45, 2.75) is 6.92 Å². The number of nitrogens with one attached hydrogen (secondary N) is 1. The van der Waals surface area contributed by atoms with Crippen LogP contribution in [0.1, 0.15) is 21.5 Å². The number of hydrogen-bond acceptors (Lipinski definition) is 2. The SMILES string of the molecule is Cc1cccc(NC(=O)c2cccc(Br)c2F)c1C(N)=S. The molecule has 0 radical (unpaired) electrons. The van der Waals surface area contributed by atoms with Gasteiger partial charge in [-0.15, -0.1) is 0 Å². The molecule has 0 atom stereocenters. The van der Waals surface area contributed by atoms with Crippen LogP contribution in [-0.2, 0) is 0 Å². The zero-order valence-electron chi connectivity index (χ0n) is 11.1. The fourth-order valence-corrected chi connectivity index (χ4v) is 2.60. The van der Waals surface area contributed by atoms with Gasteiger partial charge in [-0.3, -0.25) is 4.79 Å². The Morgan fingerprint density at radius 2 is 1.95 bits per heavy atom. The van der Waals surface area contributed by atoms with Gasteiger partial charge in [0.15, 0.2) is 0 Å². The number of anilines is 1. The molecule has 3 nitrogen and oxygen atoms in total. The number of benzene rings is 2. The van der Waals surface area contributed by atoms with Crippen LogP contribution in [0, 0.1) is 12.7 Å². The number of halogens is 2. The van der Waals surface area contributed by atoms with Gasteiger partial charge in [0.2, 0.25) is 0 Å². The van der Waals surface area contributed by atoms with E-state index in [2.05, 4.69) is 21.2 Å². The lowest BCUT2D eigenvalue weighted by molar-refractivity contribution is 0.102. The van der Waals surface area contributed by atoms with E-state index < -0.39 is 11.7 Å². The molecular formula is C15H12BrFN2OS. The van der Waals surface area contributed by atoms with E-state index in [-0.39, 0.29) is 15.0 Å². The molecule has 6 heteroatoms. The zero-order chi connectivity index (χ0) is 15.6. The molecule has 0 aliphatic carbocycles. The highest BCUT2D eigenvalue weighted by atomic mass is 79.9. The highest BCUT2D eigenvalue weighted by Crippen LogP contribution is 2.23. The lowest BCUT2D eigenvalue weighted by Gasteiger charge is -2.13. The summed E-state index contributed by atoms with van der Waals surface area (Å²) in [4.78, 5) is 12.4. The van der Waals surface area contributed by atoms with Crippen molar-refractivity contribution < 1.29 is 9.18 Å². The molecule has 0 saturated carbocycles. The second-order valence-corrected chi connectivity index (χ2v) is 5.71. The smallest absolute Gasteiger partial charge is 0.258 e. The highest BCUT2D eigenvalue weighted by molar-refractivity contribution is 9.10. The van der Waals surface area contributed by atoms with Gasteiger partial charge in [-0.2, -0.15) is 0 Å². The van der Waals surface area contributed by atoms with Crippen LogP contribution < -0.4 is 11.1 Å². The maximum Gasteiger partial charge on any atom is 0.258 e. The predicted molar refractivity (Wildman–Crippen MR) is 89.1 cm³/mol. The van der Waals surface area contributed by atoms with E-state index in [9.17, 15) is 9.18 Å². The van der Waals surface area contributed by atoms with Crippen LogP contribution in [0.15, 0.2) is 40.9 Å². The predicted octanol–water partition coefficient (Wildman–Crippen LogP) is 3.78. The Bertz CT molecular complexity index is 734. The minimum Gasteiger partial charge on any atom is -0.389 e. The van der Waals surface area contributed by atoms with E-state index >= 15 is 0 Å². The molecule has 0 spiro atoms. The summed E-state index contributed by atoms with van der Waals surface area (Å²) in [5.41, 5.74) is 7.51. The van der Waals surface area contributed by atoms with Gasteiger partial charge in [0.1, 0.15) is 10.8 Å². The van der Waals surface area contributed by atoms with E-state index in [1.165, 1.54) is 12.1 Å². The Kier molecular flexibility index (Phi) is 4.69. The first-order valence-corrected chi connectivity index (χ1v) is 7.26. The average Bonchev–Trinajstić information content (AvgIpc) is 2.41. The molecule has 1 amide bonds. The van der Waals surface area contributed by atoms with E-state index in [1.54, 1.807) is 18.2 Å². The summed E-state index contributed by atoms with van der Waals surface area (Å²) in [6.07, 6.45) is 0. The Labute approximate surface area is 135 Å². The van der Waals surface area contributed by atoms with Gasteiger partial charge in [-0.25, -0.2) is 4.39 Å². The number of amides is 1. The fourth-order valence-electron chi connectivity index (χ4n) is 1.97. The third-order valence-corrected chi connectivity index (χ3v) is 3.78. The number of thiocarbonyl (C=S) groups is 1. The van der Waals surface area contributed by atoms with Crippen molar-refractivity contribution >= 4 is 44.7 Å². The van der Waals surface area contributed by atoms with Crippen LogP contribution in [-0.4, -0.2) is 10.9 Å². The van der Waals surface area contributed by atoms with Gasteiger partial charge >= 0.3 is 0 Å². The van der Waals surface area contributed by atoms with Gasteiger partial charge in [0.25, 0.3) is 5.91 Å². The van der Waals surface area contributed by atoms with Gasteiger partial charge < -0.3 is 11.1 Å². The normalized spacial score (nSPS) is 10.2. The summed E-state index contributed by atoms with van der Waals surface area (Å²) >= 11 is 8.05. The number of aryl methyl sites for hydroxylation is 1. The second-order valence-electron chi connectivity index (χ2n) is 4.42. The third kappa shape index (κ3) is 3.28. The maximum atomic E-state index is 13.9. The minimum atomic E-state index is -0.612. The van der Waals surface area contributed by atoms with Crippen LogP contribution in [0.2, 0.25) is 0 Å². The molecule has 0 bridgehead atoms. The van der Waals surface area contributed by atoms with Crippen LogP contribution in [0.3, 0.4) is 0 Å². The lowest BCUT2D eigenvalue weighted by Crippen LogP contribution is -2.19. The molecule has 2 aromatic carbocycles. The topological polar surface area (TPSA) is 55.1 Å². The summed E-state index contributed by atoms with van der Waals surface area (Å²) in [7, 11) is 0. The molecule has 2 rings (SSSR count). The molecule has 0 aliphatic heterocycles. The molecule has 21 heavy (non-hydrogen) atoms. The highest BCUT2D eigenvalue weighted by Gasteiger charge is 2.16. The Hall–Kier alpha value is -1.79. The number of nitrogens with two attached hydrogens (primary N) is 1. The van der Waals surface area contributed by atoms with Gasteiger partial charge in [-0.05, 0) is 46.6 Å². The van der Waals surface area contributed by atoms with Crippen molar-refractivity contribution in [3.05, 3.63) is 63.4 Å². The maximum absolute atomic E-state index is 13.9. The van der Waals surface area contributed by atoms with Crippen LogP contribution in [0.5, 0.6) is 0 Å². The molecule has 0 aromatic heterocycles. The first kappa shape index (κ1) is 15.6. The van der Waals surface area contributed by atoms with Crippen LogP contribution in [0.25, 0.3) is 0 Å². The largest absolute Gasteiger partial charge is 0.389 e. The zero-order valence-corrected chi connectivity index (χ0v) is 13.5. The van der Waals surface area contributed by atoms with Crippen LogP contribution in [0.4, 0.5) is 10.1 Å². The quantitative estimate of drug-likeness (QED) is 0.812. The van der Waals surface area contributed by atoms with Crippen molar-refractivity contribution in [1.82, 2.24) is 0 Å². The Balaban J connectivity index is 2.39. The lowest BCUT2D eigenvalue weighted by atomic mass is 10.1. The molecule has 0 unspecified atom stereocenters. The average molecular weight is 367 g/mol. The summed E-state index contributed by atoms with van der Waals surface area (Å²) in [5, 5.41) is 2.65. The van der Waals surface area contributed by atoms with E-state index in [4.69, 9.17) is 18.0 Å². The van der Waals surface area contributed by atoms with Gasteiger partial charge in [0, 0.05) is 5.56 Å². The standard InChI is InChI=1S/C15H12BrFN2OS/c1-8-4-2-7-11(12(8)14(18)21)19-15(20)9-5-3-6-10(16)13(9)17/h2-7H,1H3,(H2,18,21)(H,19,20). The summed E-state index contributed by atoms with van der Waals surface area (Å²) in [6.45, 7) is 1.84. The number of rotatable bonds is 3. The third-order valence-electron chi connectivity index (χ3n) is 2.96. The van der Waals surface area contributed by atoms with Crippen molar-refractivity contribution in [3.63, 3.8) is 0 Å². The van der Waals surface area contributed by atoms with E-state index in [0.29, 0.717) is 11.3 Å². The van der Waals surface area contributed by atoms with Crippen LogP contribution >= 0.6 is 28.1 Å². The summed E-state index contributed by atoms with van der Waals surface area (Å²) < 4.78 is 14.2. The molecule has 0 fully saturated rings. The molecule has 0 heterocycles. The van der Waals surface area contributed by atoms with E-state index in [1.807, 2.05) is 13.0 Å². The first-order chi connectivity index (χ1) is 9.91.